The van der Waals surface area contributed by atoms with Crippen LogP contribution in [0.5, 0.6) is 0 Å². The minimum atomic E-state index is 0.372. The Bertz CT molecular complexity index is 670. The van der Waals surface area contributed by atoms with Crippen LogP contribution in [0.15, 0.2) is 60.6 Å². The Morgan fingerprint density at radius 1 is 1.05 bits per heavy atom. The van der Waals surface area contributed by atoms with Gasteiger partial charge in [-0.2, -0.15) is 0 Å². The van der Waals surface area contributed by atoms with Gasteiger partial charge in [-0.15, -0.1) is 0 Å². The zero-order valence-corrected chi connectivity index (χ0v) is 11.1. The van der Waals surface area contributed by atoms with Crippen LogP contribution in [0.2, 0.25) is 0 Å². The third-order valence-corrected chi connectivity index (χ3v) is 3.99. The maximum absolute atomic E-state index is 4.53. The SMILES string of the molecule is C1=CC(CC2c3cccnc3-c3ncccc32)=CCN1. The third-order valence-electron chi connectivity index (χ3n) is 3.99. The predicted molar refractivity (Wildman–Crippen MR) is 79.2 cm³/mol. The number of nitrogens with one attached hydrogen (secondary N) is 1. The molecule has 0 aromatic carbocycles. The van der Waals surface area contributed by atoms with Gasteiger partial charge in [0.2, 0.25) is 0 Å². The van der Waals surface area contributed by atoms with E-state index in [-0.39, 0.29) is 0 Å². The Balaban J connectivity index is 1.79. The number of rotatable bonds is 2. The molecule has 2 aromatic heterocycles. The molecule has 0 atom stereocenters. The van der Waals surface area contributed by atoms with Gasteiger partial charge in [-0.25, -0.2) is 0 Å². The number of pyridine rings is 2. The van der Waals surface area contributed by atoms with E-state index in [1.165, 1.54) is 16.7 Å². The van der Waals surface area contributed by atoms with E-state index in [4.69, 9.17) is 0 Å². The van der Waals surface area contributed by atoms with Crippen molar-refractivity contribution in [1.29, 1.82) is 0 Å². The topological polar surface area (TPSA) is 37.8 Å². The molecule has 0 radical (unpaired) electrons. The van der Waals surface area contributed by atoms with Crippen LogP contribution in [0.25, 0.3) is 11.4 Å². The highest BCUT2D eigenvalue weighted by atomic mass is 14.8. The Morgan fingerprint density at radius 3 is 2.35 bits per heavy atom. The van der Waals surface area contributed by atoms with Crippen molar-refractivity contribution >= 4 is 0 Å². The third kappa shape index (κ3) is 1.74. The van der Waals surface area contributed by atoms with E-state index in [2.05, 4.69) is 39.6 Å². The summed E-state index contributed by atoms with van der Waals surface area (Å²) in [5.41, 5.74) is 6.07. The number of fused-ring (bicyclic) bond motifs is 3. The van der Waals surface area contributed by atoms with Crippen molar-refractivity contribution in [2.75, 3.05) is 6.54 Å². The second-order valence-electron chi connectivity index (χ2n) is 5.16. The van der Waals surface area contributed by atoms with Crippen LogP contribution >= 0.6 is 0 Å². The lowest BCUT2D eigenvalue weighted by Gasteiger charge is -2.15. The van der Waals surface area contributed by atoms with Crippen LogP contribution < -0.4 is 5.32 Å². The van der Waals surface area contributed by atoms with Crippen molar-refractivity contribution in [3.63, 3.8) is 0 Å². The van der Waals surface area contributed by atoms with E-state index in [9.17, 15) is 0 Å². The van der Waals surface area contributed by atoms with Gasteiger partial charge in [-0.1, -0.05) is 18.2 Å². The van der Waals surface area contributed by atoms with Gasteiger partial charge in [0, 0.05) is 24.9 Å². The largest absolute Gasteiger partial charge is 0.387 e. The summed E-state index contributed by atoms with van der Waals surface area (Å²) in [6, 6.07) is 8.40. The molecule has 0 spiro atoms. The second kappa shape index (κ2) is 4.60. The molecule has 3 heteroatoms. The van der Waals surface area contributed by atoms with Gasteiger partial charge in [-0.05, 0) is 47.5 Å². The first kappa shape index (κ1) is 11.4. The highest BCUT2D eigenvalue weighted by Crippen LogP contribution is 2.45. The number of hydrogen-bond acceptors (Lipinski definition) is 3. The molecule has 0 bridgehead atoms. The smallest absolute Gasteiger partial charge is 0.0927 e. The average molecular weight is 261 g/mol. The number of allylic oxidation sites excluding steroid dienone is 2. The monoisotopic (exact) mass is 261 g/mol. The van der Waals surface area contributed by atoms with Crippen molar-refractivity contribution in [1.82, 2.24) is 15.3 Å². The number of dihydropyridines is 1. The maximum atomic E-state index is 4.53. The van der Waals surface area contributed by atoms with Crippen molar-refractivity contribution in [2.45, 2.75) is 12.3 Å². The summed E-state index contributed by atoms with van der Waals surface area (Å²) in [7, 11) is 0. The first-order chi connectivity index (χ1) is 9.93. The van der Waals surface area contributed by atoms with Crippen molar-refractivity contribution in [3.05, 3.63) is 71.7 Å². The lowest BCUT2D eigenvalue weighted by molar-refractivity contribution is 0.810. The fraction of sp³-hybridized carbons (Fsp3) is 0.176. The van der Waals surface area contributed by atoms with E-state index in [1.54, 1.807) is 0 Å². The number of nitrogens with zero attached hydrogens (tertiary/aromatic N) is 2. The predicted octanol–water partition coefficient (Wildman–Crippen LogP) is 3.02. The Hall–Kier alpha value is -2.42. The van der Waals surface area contributed by atoms with Crippen molar-refractivity contribution in [3.8, 4) is 11.4 Å². The molecule has 98 valence electrons. The lowest BCUT2D eigenvalue weighted by atomic mass is 9.90. The summed E-state index contributed by atoms with van der Waals surface area (Å²) in [6.07, 6.45) is 11.2. The minimum absolute atomic E-state index is 0.372. The molecule has 0 unspecified atom stereocenters. The van der Waals surface area contributed by atoms with Crippen LogP contribution in [0.3, 0.4) is 0 Å². The van der Waals surface area contributed by atoms with Gasteiger partial charge in [0.15, 0.2) is 0 Å². The fourth-order valence-electron chi connectivity index (χ4n) is 3.06. The summed E-state index contributed by atoms with van der Waals surface area (Å²) >= 11 is 0. The molecule has 1 N–H and O–H groups in total. The quantitative estimate of drug-likeness (QED) is 0.903. The molecule has 1 aliphatic heterocycles. The molecule has 4 rings (SSSR count). The minimum Gasteiger partial charge on any atom is -0.387 e. The molecule has 2 aromatic rings. The molecule has 0 amide bonds. The van der Waals surface area contributed by atoms with Gasteiger partial charge in [0.1, 0.15) is 0 Å². The van der Waals surface area contributed by atoms with Crippen LogP contribution in [-0.4, -0.2) is 16.5 Å². The summed E-state index contributed by atoms with van der Waals surface area (Å²) < 4.78 is 0. The summed E-state index contributed by atoms with van der Waals surface area (Å²) in [5.74, 6) is 0.372. The van der Waals surface area contributed by atoms with Crippen molar-refractivity contribution < 1.29 is 0 Å². The fourth-order valence-corrected chi connectivity index (χ4v) is 3.06. The van der Waals surface area contributed by atoms with Crippen LogP contribution in [0.1, 0.15) is 23.5 Å². The highest BCUT2D eigenvalue weighted by molar-refractivity contribution is 5.72. The van der Waals surface area contributed by atoms with Crippen LogP contribution in [0, 0.1) is 0 Å². The molecule has 0 saturated carbocycles. The molecule has 0 saturated heterocycles. The van der Waals surface area contributed by atoms with Gasteiger partial charge >= 0.3 is 0 Å². The standard InChI is InChI=1S/C17H15N3/c1-3-13-15(11-12-5-9-18-10-6-12)14-4-2-8-20-17(14)16(13)19-7-1/h1-9,15,18H,10-11H2. The van der Waals surface area contributed by atoms with Crippen molar-refractivity contribution in [2.24, 2.45) is 0 Å². The number of hydrogen-bond donors (Lipinski definition) is 1. The molecule has 3 nitrogen and oxygen atoms in total. The molecular weight excluding hydrogens is 246 g/mol. The Morgan fingerprint density at radius 2 is 1.75 bits per heavy atom. The summed E-state index contributed by atoms with van der Waals surface area (Å²) in [6.45, 7) is 0.915. The van der Waals surface area contributed by atoms with E-state index in [0.717, 1.165) is 24.4 Å². The molecule has 1 aliphatic carbocycles. The first-order valence-corrected chi connectivity index (χ1v) is 6.92. The first-order valence-electron chi connectivity index (χ1n) is 6.92. The molecule has 3 heterocycles. The molecule has 2 aliphatic rings. The van der Waals surface area contributed by atoms with Crippen LogP contribution in [-0.2, 0) is 0 Å². The summed E-state index contributed by atoms with van der Waals surface area (Å²) in [4.78, 5) is 9.06. The molecule has 20 heavy (non-hydrogen) atoms. The molecular formula is C17H15N3. The van der Waals surface area contributed by atoms with Crippen LogP contribution in [0.4, 0.5) is 0 Å². The van der Waals surface area contributed by atoms with Gasteiger partial charge in [0.25, 0.3) is 0 Å². The zero-order valence-electron chi connectivity index (χ0n) is 11.1. The van der Waals surface area contributed by atoms with E-state index in [0.29, 0.717) is 5.92 Å². The van der Waals surface area contributed by atoms with Gasteiger partial charge in [0.05, 0.1) is 11.4 Å². The molecule has 0 fully saturated rings. The van der Waals surface area contributed by atoms with E-state index < -0.39 is 0 Å². The summed E-state index contributed by atoms with van der Waals surface area (Å²) in [5, 5.41) is 3.20. The highest BCUT2D eigenvalue weighted by Gasteiger charge is 2.30. The normalized spacial score (nSPS) is 16.3. The second-order valence-corrected chi connectivity index (χ2v) is 5.16. The Kier molecular flexibility index (Phi) is 2.62. The van der Waals surface area contributed by atoms with E-state index >= 15 is 0 Å². The maximum Gasteiger partial charge on any atom is 0.0927 e. The zero-order chi connectivity index (χ0) is 13.4. The number of aromatic nitrogens is 2. The van der Waals surface area contributed by atoms with Gasteiger partial charge in [-0.3, -0.25) is 9.97 Å². The lowest BCUT2D eigenvalue weighted by Crippen LogP contribution is -2.10. The Labute approximate surface area is 118 Å². The van der Waals surface area contributed by atoms with Gasteiger partial charge < -0.3 is 5.32 Å². The van der Waals surface area contributed by atoms with E-state index in [1.807, 2.05) is 30.7 Å². The average Bonchev–Trinajstić information content (AvgIpc) is 2.84.